The summed E-state index contributed by atoms with van der Waals surface area (Å²) in [6.07, 6.45) is -0.996. The molecule has 2 aromatic rings. The van der Waals surface area contributed by atoms with Gasteiger partial charge in [0.1, 0.15) is 17.7 Å². The number of rotatable bonds is 4. The monoisotopic (exact) mass is 338 g/mol. The van der Waals surface area contributed by atoms with Gasteiger partial charge in [-0.3, -0.25) is 0 Å². The van der Waals surface area contributed by atoms with Crippen molar-refractivity contribution in [2.45, 2.75) is 26.1 Å². The minimum absolute atomic E-state index is 0.0441. The highest BCUT2D eigenvalue weighted by Crippen LogP contribution is 2.32. The quantitative estimate of drug-likeness (QED) is 0.891. The van der Waals surface area contributed by atoms with Crippen molar-refractivity contribution >= 4 is 15.9 Å². The molecule has 106 valence electrons. The number of aliphatic hydroxyl groups excluding tert-OH is 1. The summed E-state index contributed by atoms with van der Waals surface area (Å²) in [6, 6.07) is 11.7. The molecule has 0 aliphatic carbocycles. The fourth-order valence-electron chi connectivity index (χ4n) is 1.97. The fraction of sp³-hybridized carbons (Fsp3) is 0.250. The van der Waals surface area contributed by atoms with Crippen LogP contribution in [0.5, 0.6) is 5.75 Å². The molecule has 0 saturated heterocycles. The molecular formula is C16H16BrFO2. The molecular weight excluding hydrogens is 323 g/mol. The lowest BCUT2D eigenvalue weighted by Gasteiger charge is -2.16. The minimum Gasteiger partial charge on any atom is -0.491 e. The van der Waals surface area contributed by atoms with E-state index in [0.29, 0.717) is 15.8 Å². The first-order chi connectivity index (χ1) is 9.49. The highest BCUT2D eigenvalue weighted by atomic mass is 79.9. The van der Waals surface area contributed by atoms with E-state index in [9.17, 15) is 9.50 Å². The number of hydrogen-bond donors (Lipinski definition) is 1. The Bertz CT molecular complexity index is 579. The molecule has 0 heterocycles. The molecule has 0 saturated carbocycles. The maximum Gasteiger partial charge on any atom is 0.130 e. The van der Waals surface area contributed by atoms with E-state index in [1.165, 1.54) is 6.07 Å². The predicted octanol–water partition coefficient (Wildman–Crippen LogP) is 4.46. The van der Waals surface area contributed by atoms with E-state index in [2.05, 4.69) is 15.9 Å². The summed E-state index contributed by atoms with van der Waals surface area (Å²) in [7, 11) is 0. The highest BCUT2D eigenvalue weighted by Gasteiger charge is 2.18. The van der Waals surface area contributed by atoms with Crippen molar-refractivity contribution in [3.8, 4) is 5.75 Å². The summed E-state index contributed by atoms with van der Waals surface area (Å²) < 4.78 is 20.0. The number of halogens is 2. The summed E-state index contributed by atoms with van der Waals surface area (Å²) in [5, 5.41) is 10.4. The van der Waals surface area contributed by atoms with Gasteiger partial charge < -0.3 is 9.84 Å². The van der Waals surface area contributed by atoms with Crippen molar-refractivity contribution in [2.24, 2.45) is 0 Å². The second-order valence-electron chi connectivity index (χ2n) is 4.78. The third-order valence-electron chi connectivity index (χ3n) is 2.82. The molecule has 0 fully saturated rings. The van der Waals surface area contributed by atoms with Gasteiger partial charge in [-0.2, -0.15) is 0 Å². The lowest BCUT2D eigenvalue weighted by Crippen LogP contribution is -2.07. The van der Waals surface area contributed by atoms with Crippen LogP contribution in [0.25, 0.3) is 0 Å². The van der Waals surface area contributed by atoms with Crippen molar-refractivity contribution in [1.29, 1.82) is 0 Å². The van der Waals surface area contributed by atoms with Crippen molar-refractivity contribution in [2.75, 3.05) is 0 Å². The first-order valence-corrected chi connectivity index (χ1v) is 7.17. The summed E-state index contributed by atoms with van der Waals surface area (Å²) >= 11 is 3.27. The molecule has 0 amide bonds. The van der Waals surface area contributed by atoms with Gasteiger partial charge in [0.25, 0.3) is 0 Å². The average Bonchev–Trinajstić information content (AvgIpc) is 2.38. The van der Waals surface area contributed by atoms with Crippen LogP contribution in [0, 0.1) is 5.82 Å². The van der Waals surface area contributed by atoms with E-state index < -0.39 is 11.9 Å². The Hall–Kier alpha value is -1.39. The molecule has 2 nitrogen and oxygen atoms in total. The number of aliphatic hydroxyl groups is 1. The van der Waals surface area contributed by atoms with Gasteiger partial charge in [-0.15, -0.1) is 0 Å². The van der Waals surface area contributed by atoms with Crippen LogP contribution in [0.1, 0.15) is 31.1 Å². The summed E-state index contributed by atoms with van der Waals surface area (Å²) in [6.45, 7) is 3.85. The smallest absolute Gasteiger partial charge is 0.130 e. The fourth-order valence-corrected chi connectivity index (χ4v) is 2.53. The summed E-state index contributed by atoms with van der Waals surface area (Å²) in [5.74, 6) is 0.214. The molecule has 0 spiro atoms. The van der Waals surface area contributed by atoms with Crippen molar-refractivity contribution in [1.82, 2.24) is 0 Å². The zero-order chi connectivity index (χ0) is 14.7. The van der Waals surface area contributed by atoms with Crippen LogP contribution in [0.3, 0.4) is 0 Å². The van der Waals surface area contributed by atoms with Crippen molar-refractivity contribution in [3.63, 3.8) is 0 Å². The van der Waals surface area contributed by atoms with Crippen LogP contribution < -0.4 is 4.74 Å². The van der Waals surface area contributed by atoms with Gasteiger partial charge in [0, 0.05) is 10.0 Å². The zero-order valence-electron chi connectivity index (χ0n) is 11.3. The van der Waals surface area contributed by atoms with Crippen LogP contribution in [-0.2, 0) is 0 Å². The SMILES string of the molecule is CC(C)Oc1cccc(C(O)c2c(F)cccc2Br)c1. The van der Waals surface area contributed by atoms with E-state index in [4.69, 9.17) is 4.74 Å². The first kappa shape index (κ1) is 15.0. The summed E-state index contributed by atoms with van der Waals surface area (Å²) in [5.41, 5.74) is 0.822. The van der Waals surface area contributed by atoms with Crippen LogP contribution >= 0.6 is 15.9 Å². The Balaban J connectivity index is 2.36. The number of benzene rings is 2. The van der Waals surface area contributed by atoms with Gasteiger partial charge in [0.2, 0.25) is 0 Å². The molecule has 1 N–H and O–H groups in total. The van der Waals surface area contributed by atoms with Crippen molar-refractivity contribution in [3.05, 3.63) is 63.9 Å². The summed E-state index contributed by atoms with van der Waals surface area (Å²) in [4.78, 5) is 0. The molecule has 1 unspecified atom stereocenters. The third-order valence-corrected chi connectivity index (χ3v) is 3.51. The third kappa shape index (κ3) is 3.38. The van der Waals surface area contributed by atoms with E-state index in [1.807, 2.05) is 19.9 Å². The maximum absolute atomic E-state index is 13.9. The van der Waals surface area contributed by atoms with Crippen LogP contribution in [0.2, 0.25) is 0 Å². The van der Waals surface area contributed by atoms with Crippen LogP contribution in [-0.4, -0.2) is 11.2 Å². The molecule has 0 radical (unpaired) electrons. The molecule has 2 rings (SSSR count). The van der Waals surface area contributed by atoms with Crippen LogP contribution in [0.4, 0.5) is 4.39 Å². The van der Waals surface area contributed by atoms with Gasteiger partial charge in [-0.25, -0.2) is 4.39 Å². The molecule has 0 aliphatic heterocycles. The average molecular weight is 339 g/mol. The topological polar surface area (TPSA) is 29.5 Å². The molecule has 2 aromatic carbocycles. The lowest BCUT2D eigenvalue weighted by atomic mass is 10.0. The highest BCUT2D eigenvalue weighted by molar-refractivity contribution is 9.10. The minimum atomic E-state index is -1.04. The van der Waals surface area contributed by atoms with Gasteiger partial charge in [0.05, 0.1) is 6.10 Å². The van der Waals surface area contributed by atoms with Crippen LogP contribution in [0.15, 0.2) is 46.9 Å². The second-order valence-corrected chi connectivity index (χ2v) is 5.63. The Morgan fingerprint density at radius 1 is 1.15 bits per heavy atom. The first-order valence-electron chi connectivity index (χ1n) is 6.37. The molecule has 1 atom stereocenters. The molecule has 0 aromatic heterocycles. The van der Waals surface area contributed by atoms with E-state index in [1.54, 1.807) is 30.3 Å². The standard InChI is InChI=1S/C16H16BrFO2/c1-10(2)20-12-6-3-5-11(9-12)16(19)15-13(17)7-4-8-14(15)18/h3-10,16,19H,1-2H3. The number of hydrogen-bond acceptors (Lipinski definition) is 2. The van der Waals surface area contributed by atoms with E-state index >= 15 is 0 Å². The van der Waals surface area contributed by atoms with Crippen molar-refractivity contribution < 1.29 is 14.2 Å². The normalized spacial score (nSPS) is 12.5. The largest absolute Gasteiger partial charge is 0.491 e. The Kier molecular flexibility index (Phi) is 4.78. The van der Waals surface area contributed by atoms with E-state index in [0.717, 1.165) is 0 Å². The Morgan fingerprint density at radius 2 is 1.85 bits per heavy atom. The van der Waals surface area contributed by atoms with E-state index in [-0.39, 0.29) is 11.7 Å². The number of ether oxygens (including phenoxy) is 1. The van der Waals surface area contributed by atoms with Gasteiger partial charge in [-0.05, 0) is 43.7 Å². The zero-order valence-corrected chi connectivity index (χ0v) is 12.9. The van der Waals surface area contributed by atoms with Gasteiger partial charge >= 0.3 is 0 Å². The molecule has 0 aliphatic rings. The molecule has 20 heavy (non-hydrogen) atoms. The molecule has 0 bridgehead atoms. The Morgan fingerprint density at radius 3 is 2.50 bits per heavy atom. The Labute approximate surface area is 126 Å². The predicted molar refractivity (Wildman–Crippen MR) is 80.4 cm³/mol. The van der Waals surface area contributed by atoms with Gasteiger partial charge in [0.15, 0.2) is 0 Å². The second kappa shape index (κ2) is 6.37. The molecule has 4 heteroatoms. The lowest BCUT2D eigenvalue weighted by molar-refractivity contribution is 0.211. The van der Waals surface area contributed by atoms with Gasteiger partial charge in [-0.1, -0.05) is 34.1 Å². The maximum atomic E-state index is 13.9.